The molecule has 0 bridgehead atoms. The van der Waals surface area contributed by atoms with Crippen LogP contribution >= 0.6 is 11.6 Å². The van der Waals surface area contributed by atoms with Crippen molar-refractivity contribution < 1.29 is 14.3 Å². The van der Waals surface area contributed by atoms with Gasteiger partial charge >= 0.3 is 0 Å². The fourth-order valence-corrected chi connectivity index (χ4v) is 4.43. The van der Waals surface area contributed by atoms with Crippen LogP contribution in [0.4, 0.5) is 0 Å². The van der Waals surface area contributed by atoms with Crippen molar-refractivity contribution >= 4 is 17.5 Å². The van der Waals surface area contributed by atoms with Gasteiger partial charge in [-0.1, -0.05) is 57.0 Å². The number of aromatic nitrogens is 2. The summed E-state index contributed by atoms with van der Waals surface area (Å²) < 4.78 is 11.7. The van der Waals surface area contributed by atoms with Crippen LogP contribution in [0.1, 0.15) is 67.7 Å². The highest BCUT2D eigenvalue weighted by Gasteiger charge is 2.42. The number of ether oxygens (including phenoxy) is 2. The Balaban J connectivity index is 1.75. The Morgan fingerprint density at radius 3 is 2.59 bits per heavy atom. The normalized spacial score (nSPS) is 15.2. The average Bonchev–Trinajstić information content (AvgIpc) is 3.37. The minimum absolute atomic E-state index is 0.0302. The lowest BCUT2D eigenvalue weighted by Crippen LogP contribution is -2.30. The number of aromatic amines is 1. The Bertz CT molecular complexity index is 1140. The van der Waals surface area contributed by atoms with Crippen LogP contribution in [0, 0.1) is 5.92 Å². The first-order valence-electron chi connectivity index (χ1n) is 11.9. The number of amides is 1. The van der Waals surface area contributed by atoms with Crippen molar-refractivity contribution in [2.45, 2.75) is 46.1 Å². The lowest BCUT2D eigenvalue weighted by molar-refractivity contribution is 0.0741. The van der Waals surface area contributed by atoms with Crippen LogP contribution in [-0.2, 0) is 0 Å². The predicted octanol–water partition coefficient (Wildman–Crippen LogP) is 6.51. The van der Waals surface area contributed by atoms with E-state index in [0.29, 0.717) is 41.3 Å². The number of nitrogens with zero attached hydrogens (tertiary/aromatic N) is 2. The molecule has 4 rings (SSSR count). The van der Waals surface area contributed by atoms with Crippen molar-refractivity contribution in [3.8, 4) is 22.8 Å². The Hall–Kier alpha value is -2.99. The minimum atomic E-state index is -0.267. The van der Waals surface area contributed by atoms with E-state index in [9.17, 15) is 4.79 Å². The van der Waals surface area contributed by atoms with E-state index in [4.69, 9.17) is 21.1 Å². The predicted molar refractivity (Wildman–Crippen MR) is 135 cm³/mol. The molecule has 1 amide bonds. The number of unbranched alkanes of at least 4 members (excludes halogenated alkanes) is 1. The molecule has 1 aromatic heterocycles. The SMILES string of the molecule is CCCCN1C(=O)c2[nH]nc(-c3ccc(Cl)cc3)c2C1c1ccc(OCCC(C)C)c(OC)c1. The summed E-state index contributed by atoms with van der Waals surface area (Å²) in [7, 11) is 1.64. The number of halogens is 1. The molecule has 1 atom stereocenters. The number of fused-ring (bicyclic) bond motifs is 1. The first-order valence-corrected chi connectivity index (χ1v) is 12.3. The van der Waals surface area contributed by atoms with Gasteiger partial charge in [-0.05, 0) is 48.6 Å². The molecule has 0 radical (unpaired) electrons. The Morgan fingerprint density at radius 1 is 1.15 bits per heavy atom. The second kappa shape index (κ2) is 10.5. The standard InChI is InChI=1S/C27H32ClN3O3/c1-5-6-14-31-26(19-9-12-21(22(16-19)33-4)34-15-13-17(2)3)23-24(29-30-25(23)27(31)32)18-7-10-20(28)11-8-18/h7-12,16-17,26H,5-6,13-15H2,1-4H3,(H,29,30). The summed E-state index contributed by atoms with van der Waals surface area (Å²) in [5.41, 5.74) is 4.08. The number of nitrogens with one attached hydrogen (secondary N) is 1. The van der Waals surface area contributed by atoms with Gasteiger partial charge in [-0.25, -0.2) is 0 Å². The van der Waals surface area contributed by atoms with E-state index in [-0.39, 0.29) is 11.9 Å². The highest BCUT2D eigenvalue weighted by Crippen LogP contribution is 2.44. The smallest absolute Gasteiger partial charge is 0.273 e. The largest absolute Gasteiger partial charge is 0.493 e. The molecule has 0 spiro atoms. The first kappa shape index (κ1) is 24.1. The van der Waals surface area contributed by atoms with Gasteiger partial charge in [0, 0.05) is 22.7 Å². The molecule has 1 N–H and O–H groups in total. The number of methoxy groups -OCH3 is 1. The van der Waals surface area contributed by atoms with Crippen LogP contribution in [0.15, 0.2) is 42.5 Å². The second-order valence-corrected chi connectivity index (χ2v) is 9.50. The summed E-state index contributed by atoms with van der Waals surface area (Å²) >= 11 is 6.10. The van der Waals surface area contributed by atoms with Crippen LogP contribution in [-0.4, -0.2) is 41.3 Å². The molecule has 0 saturated carbocycles. The summed E-state index contributed by atoms with van der Waals surface area (Å²) in [6.07, 6.45) is 2.89. The Morgan fingerprint density at radius 2 is 1.91 bits per heavy atom. The van der Waals surface area contributed by atoms with E-state index in [1.54, 1.807) is 7.11 Å². The minimum Gasteiger partial charge on any atom is -0.493 e. The zero-order valence-electron chi connectivity index (χ0n) is 20.2. The van der Waals surface area contributed by atoms with E-state index in [2.05, 4.69) is 31.0 Å². The number of H-pyrrole nitrogens is 1. The summed E-state index contributed by atoms with van der Waals surface area (Å²) in [5.74, 6) is 1.90. The summed E-state index contributed by atoms with van der Waals surface area (Å²) in [6, 6.07) is 13.2. The molecule has 0 aliphatic carbocycles. The third-order valence-electron chi connectivity index (χ3n) is 6.19. The quantitative estimate of drug-likeness (QED) is 0.358. The van der Waals surface area contributed by atoms with Crippen molar-refractivity contribution in [2.75, 3.05) is 20.3 Å². The van der Waals surface area contributed by atoms with E-state index >= 15 is 0 Å². The van der Waals surface area contributed by atoms with E-state index in [1.807, 2.05) is 47.4 Å². The number of hydrogen-bond acceptors (Lipinski definition) is 4. The van der Waals surface area contributed by atoms with Gasteiger partial charge in [0.25, 0.3) is 5.91 Å². The van der Waals surface area contributed by atoms with Crippen molar-refractivity contribution in [3.05, 3.63) is 64.3 Å². The van der Waals surface area contributed by atoms with Crippen molar-refractivity contribution in [1.29, 1.82) is 0 Å². The van der Waals surface area contributed by atoms with Gasteiger partial charge in [0.05, 0.1) is 25.5 Å². The molecule has 7 heteroatoms. The molecule has 1 aliphatic heterocycles. The summed E-state index contributed by atoms with van der Waals surface area (Å²) in [6.45, 7) is 7.77. The molecule has 6 nitrogen and oxygen atoms in total. The van der Waals surface area contributed by atoms with Gasteiger partial charge in [-0.15, -0.1) is 0 Å². The fourth-order valence-electron chi connectivity index (χ4n) is 4.31. The van der Waals surface area contributed by atoms with Crippen LogP contribution in [0.5, 0.6) is 11.5 Å². The maximum absolute atomic E-state index is 13.4. The second-order valence-electron chi connectivity index (χ2n) is 9.06. The Labute approximate surface area is 206 Å². The number of rotatable bonds is 10. The molecule has 180 valence electrons. The fraction of sp³-hybridized carbons (Fsp3) is 0.407. The molecular formula is C27H32ClN3O3. The zero-order chi connectivity index (χ0) is 24.2. The number of carbonyl (C=O) groups is 1. The van der Waals surface area contributed by atoms with E-state index in [1.165, 1.54) is 0 Å². The molecule has 3 aromatic rings. The van der Waals surface area contributed by atoms with Crippen LogP contribution in [0.3, 0.4) is 0 Å². The lowest BCUT2D eigenvalue weighted by atomic mass is 9.95. The molecule has 0 saturated heterocycles. The molecule has 34 heavy (non-hydrogen) atoms. The van der Waals surface area contributed by atoms with E-state index < -0.39 is 0 Å². The number of benzene rings is 2. The van der Waals surface area contributed by atoms with Gasteiger partial charge in [-0.2, -0.15) is 5.10 Å². The zero-order valence-corrected chi connectivity index (χ0v) is 21.0. The molecule has 1 aliphatic rings. The third kappa shape index (κ3) is 4.78. The third-order valence-corrected chi connectivity index (χ3v) is 6.44. The van der Waals surface area contributed by atoms with Crippen molar-refractivity contribution in [3.63, 3.8) is 0 Å². The maximum atomic E-state index is 13.4. The lowest BCUT2D eigenvalue weighted by Gasteiger charge is -2.27. The molecule has 2 aromatic carbocycles. The topological polar surface area (TPSA) is 67.5 Å². The average molecular weight is 482 g/mol. The van der Waals surface area contributed by atoms with Crippen molar-refractivity contribution in [1.82, 2.24) is 15.1 Å². The van der Waals surface area contributed by atoms with Gasteiger partial charge < -0.3 is 14.4 Å². The Kier molecular flexibility index (Phi) is 7.47. The van der Waals surface area contributed by atoms with Crippen LogP contribution in [0.25, 0.3) is 11.3 Å². The van der Waals surface area contributed by atoms with Gasteiger partial charge in [0.2, 0.25) is 0 Å². The maximum Gasteiger partial charge on any atom is 0.273 e. The highest BCUT2D eigenvalue weighted by molar-refractivity contribution is 6.30. The highest BCUT2D eigenvalue weighted by atomic mass is 35.5. The van der Waals surface area contributed by atoms with Gasteiger partial charge in [0.1, 0.15) is 5.69 Å². The van der Waals surface area contributed by atoms with Crippen LogP contribution < -0.4 is 9.47 Å². The molecule has 2 heterocycles. The molecule has 1 unspecified atom stereocenters. The first-order chi connectivity index (χ1) is 16.4. The van der Waals surface area contributed by atoms with Crippen molar-refractivity contribution in [2.24, 2.45) is 5.92 Å². The number of hydrogen-bond donors (Lipinski definition) is 1. The number of carbonyl (C=O) groups excluding carboxylic acids is 1. The molecular weight excluding hydrogens is 450 g/mol. The van der Waals surface area contributed by atoms with E-state index in [0.717, 1.165) is 41.6 Å². The summed E-state index contributed by atoms with van der Waals surface area (Å²) in [4.78, 5) is 15.3. The van der Waals surface area contributed by atoms with Gasteiger partial charge in [-0.3, -0.25) is 9.89 Å². The molecule has 0 fully saturated rings. The monoisotopic (exact) mass is 481 g/mol. The van der Waals surface area contributed by atoms with Crippen LogP contribution in [0.2, 0.25) is 5.02 Å². The van der Waals surface area contributed by atoms with Gasteiger partial charge in [0.15, 0.2) is 11.5 Å². The summed E-state index contributed by atoms with van der Waals surface area (Å²) in [5, 5.41) is 8.19.